The zero-order valence-electron chi connectivity index (χ0n) is 14.0. The number of nitrogens with zero attached hydrogens (tertiary/aromatic N) is 1. The number of aliphatic hydroxyl groups is 1. The molecule has 1 amide bonds. The highest BCUT2D eigenvalue weighted by molar-refractivity contribution is 5.78. The summed E-state index contributed by atoms with van der Waals surface area (Å²) >= 11 is 0. The first kappa shape index (κ1) is 16.8. The molecule has 0 bridgehead atoms. The number of rotatable bonds is 6. The lowest BCUT2D eigenvalue weighted by Crippen LogP contribution is -2.52. The van der Waals surface area contributed by atoms with Gasteiger partial charge in [0.25, 0.3) is 0 Å². The molecular formula is C17H32N2O2. The molecular weight excluding hydrogens is 264 g/mol. The number of carbonyl (C=O) groups excluding carboxylic acids is 1. The van der Waals surface area contributed by atoms with Crippen molar-refractivity contribution in [1.29, 1.82) is 0 Å². The average molecular weight is 296 g/mol. The van der Waals surface area contributed by atoms with Crippen molar-refractivity contribution in [3.05, 3.63) is 0 Å². The van der Waals surface area contributed by atoms with Gasteiger partial charge < -0.3 is 10.4 Å². The summed E-state index contributed by atoms with van der Waals surface area (Å²) < 4.78 is 0. The molecule has 0 spiro atoms. The maximum absolute atomic E-state index is 12.0. The molecule has 2 fully saturated rings. The predicted octanol–water partition coefficient (Wildman–Crippen LogP) is 2.02. The molecule has 1 saturated carbocycles. The molecule has 3 unspecified atom stereocenters. The lowest BCUT2D eigenvalue weighted by molar-refractivity contribution is -0.125. The zero-order valence-corrected chi connectivity index (χ0v) is 14.0. The Balaban J connectivity index is 1.93. The van der Waals surface area contributed by atoms with Crippen LogP contribution in [0.5, 0.6) is 0 Å². The van der Waals surface area contributed by atoms with Gasteiger partial charge in [0.1, 0.15) is 0 Å². The van der Waals surface area contributed by atoms with E-state index < -0.39 is 0 Å². The smallest absolute Gasteiger partial charge is 0.222 e. The third-order valence-electron chi connectivity index (χ3n) is 4.84. The number of aliphatic hydroxyl groups excluding tert-OH is 1. The number of piperidine rings is 1. The van der Waals surface area contributed by atoms with Crippen LogP contribution in [0.2, 0.25) is 0 Å². The van der Waals surface area contributed by atoms with Gasteiger partial charge >= 0.3 is 0 Å². The fraction of sp³-hybridized carbons (Fsp3) is 0.941. The number of carbonyl (C=O) groups is 1. The lowest BCUT2D eigenvalue weighted by Gasteiger charge is -2.39. The van der Waals surface area contributed by atoms with Crippen LogP contribution in [0.15, 0.2) is 0 Å². The quantitative estimate of drug-likeness (QED) is 0.788. The minimum Gasteiger partial charge on any atom is -0.393 e. The van der Waals surface area contributed by atoms with Gasteiger partial charge in [-0.25, -0.2) is 0 Å². The maximum Gasteiger partial charge on any atom is 0.222 e. The van der Waals surface area contributed by atoms with Crippen LogP contribution < -0.4 is 5.32 Å². The van der Waals surface area contributed by atoms with E-state index in [0.29, 0.717) is 11.8 Å². The Bertz CT molecular complexity index is 351. The summed E-state index contributed by atoms with van der Waals surface area (Å²) in [6.45, 7) is 10.1. The van der Waals surface area contributed by atoms with Crippen LogP contribution in [0.4, 0.5) is 0 Å². The molecule has 4 heteroatoms. The maximum atomic E-state index is 12.0. The van der Waals surface area contributed by atoms with Crippen molar-refractivity contribution in [2.24, 2.45) is 17.8 Å². The van der Waals surface area contributed by atoms with Gasteiger partial charge in [-0.2, -0.15) is 0 Å². The Kier molecular flexibility index (Phi) is 5.67. The molecule has 0 aromatic rings. The van der Waals surface area contributed by atoms with E-state index >= 15 is 0 Å². The summed E-state index contributed by atoms with van der Waals surface area (Å²) in [6, 6.07) is 0.973. The average Bonchev–Trinajstić information content (AvgIpc) is 3.22. The van der Waals surface area contributed by atoms with E-state index in [1.807, 2.05) is 13.8 Å². The topological polar surface area (TPSA) is 52.6 Å². The number of hydrogen-bond donors (Lipinski definition) is 2. The van der Waals surface area contributed by atoms with E-state index in [1.165, 1.54) is 12.8 Å². The van der Waals surface area contributed by atoms with Crippen LogP contribution in [0.3, 0.4) is 0 Å². The van der Waals surface area contributed by atoms with Gasteiger partial charge in [-0.05, 0) is 37.5 Å². The second kappa shape index (κ2) is 7.10. The first-order valence-electron chi connectivity index (χ1n) is 8.59. The van der Waals surface area contributed by atoms with E-state index in [0.717, 1.165) is 32.0 Å². The van der Waals surface area contributed by atoms with Crippen LogP contribution in [0.1, 0.15) is 53.4 Å². The minimum atomic E-state index is -0.226. The number of amides is 1. The molecule has 1 aliphatic heterocycles. The molecule has 0 aromatic heterocycles. The highest BCUT2D eigenvalue weighted by Gasteiger charge is 2.37. The minimum absolute atomic E-state index is 0.0426. The van der Waals surface area contributed by atoms with E-state index in [-0.39, 0.29) is 24.0 Å². The van der Waals surface area contributed by atoms with Crippen LogP contribution in [0, 0.1) is 17.8 Å². The van der Waals surface area contributed by atoms with Crippen molar-refractivity contribution in [1.82, 2.24) is 10.2 Å². The highest BCUT2D eigenvalue weighted by Crippen LogP contribution is 2.33. The Hall–Kier alpha value is -0.610. The van der Waals surface area contributed by atoms with Gasteiger partial charge in [0.15, 0.2) is 0 Å². The summed E-state index contributed by atoms with van der Waals surface area (Å²) in [5, 5.41) is 13.4. The monoisotopic (exact) mass is 296 g/mol. The standard InChI is InChI=1S/C17H32N2O2/c1-11(2)16(20)8-13-7-14(18-17(21)12(3)4)10-19(9-13)15-5-6-15/h11-16,20H,5-10H2,1-4H3,(H,18,21). The van der Waals surface area contributed by atoms with Crippen molar-refractivity contribution in [3.8, 4) is 0 Å². The van der Waals surface area contributed by atoms with Crippen molar-refractivity contribution < 1.29 is 9.90 Å². The second-order valence-electron chi connectivity index (χ2n) is 7.69. The molecule has 1 saturated heterocycles. The SMILES string of the molecule is CC(C)C(=O)NC1CC(CC(O)C(C)C)CN(C2CC2)C1. The third-order valence-corrected chi connectivity index (χ3v) is 4.84. The summed E-state index contributed by atoms with van der Waals surface area (Å²) in [6.07, 6.45) is 4.23. The summed E-state index contributed by atoms with van der Waals surface area (Å²) in [7, 11) is 0. The second-order valence-corrected chi connectivity index (χ2v) is 7.69. The van der Waals surface area contributed by atoms with E-state index in [2.05, 4.69) is 24.1 Å². The van der Waals surface area contributed by atoms with Crippen LogP contribution in [0.25, 0.3) is 0 Å². The van der Waals surface area contributed by atoms with Crippen LogP contribution in [-0.2, 0) is 4.79 Å². The van der Waals surface area contributed by atoms with E-state index in [4.69, 9.17) is 0 Å². The molecule has 2 rings (SSSR count). The Morgan fingerprint density at radius 3 is 2.43 bits per heavy atom. The molecule has 1 aliphatic carbocycles. The molecule has 2 N–H and O–H groups in total. The summed E-state index contributed by atoms with van der Waals surface area (Å²) in [5.74, 6) is 1.00. The molecule has 0 radical (unpaired) electrons. The van der Waals surface area contributed by atoms with Gasteiger partial charge in [0.05, 0.1) is 6.10 Å². The number of nitrogens with one attached hydrogen (secondary N) is 1. The molecule has 3 atom stereocenters. The highest BCUT2D eigenvalue weighted by atomic mass is 16.3. The molecule has 2 aliphatic rings. The third kappa shape index (κ3) is 4.96. The van der Waals surface area contributed by atoms with Crippen LogP contribution in [-0.4, -0.2) is 47.2 Å². The van der Waals surface area contributed by atoms with Gasteiger partial charge in [0, 0.05) is 31.1 Å². The molecule has 0 aromatic carbocycles. The largest absolute Gasteiger partial charge is 0.393 e. The Morgan fingerprint density at radius 1 is 1.24 bits per heavy atom. The van der Waals surface area contributed by atoms with Gasteiger partial charge in [-0.3, -0.25) is 9.69 Å². The van der Waals surface area contributed by atoms with Crippen molar-refractivity contribution >= 4 is 5.91 Å². The lowest BCUT2D eigenvalue weighted by atomic mass is 9.86. The fourth-order valence-corrected chi connectivity index (χ4v) is 3.24. The Morgan fingerprint density at radius 2 is 1.90 bits per heavy atom. The first-order chi connectivity index (χ1) is 9.86. The molecule has 21 heavy (non-hydrogen) atoms. The first-order valence-corrected chi connectivity index (χ1v) is 8.59. The molecule has 4 nitrogen and oxygen atoms in total. The zero-order chi connectivity index (χ0) is 15.6. The number of hydrogen-bond acceptors (Lipinski definition) is 3. The van der Waals surface area contributed by atoms with Crippen molar-refractivity contribution in [2.45, 2.75) is 71.6 Å². The van der Waals surface area contributed by atoms with E-state index in [9.17, 15) is 9.90 Å². The fourth-order valence-electron chi connectivity index (χ4n) is 3.24. The van der Waals surface area contributed by atoms with Gasteiger partial charge in [-0.15, -0.1) is 0 Å². The summed E-state index contributed by atoms with van der Waals surface area (Å²) in [5.41, 5.74) is 0. The Labute approximate surface area is 129 Å². The van der Waals surface area contributed by atoms with Gasteiger partial charge in [0.2, 0.25) is 5.91 Å². The molecule has 122 valence electrons. The van der Waals surface area contributed by atoms with Crippen molar-refractivity contribution in [2.75, 3.05) is 13.1 Å². The normalized spacial score (nSPS) is 28.9. The van der Waals surface area contributed by atoms with Crippen LogP contribution >= 0.6 is 0 Å². The summed E-state index contributed by atoms with van der Waals surface area (Å²) in [4.78, 5) is 14.5. The molecule has 1 heterocycles. The van der Waals surface area contributed by atoms with E-state index in [1.54, 1.807) is 0 Å². The van der Waals surface area contributed by atoms with Crippen molar-refractivity contribution in [3.63, 3.8) is 0 Å². The predicted molar refractivity (Wildman–Crippen MR) is 84.9 cm³/mol. The van der Waals surface area contributed by atoms with Gasteiger partial charge in [-0.1, -0.05) is 27.7 Å². The number of likely N-dealkylation sites (tertiary alicyclic amines) is 1.